The molecule has 0 heterocycles. The molecule has 0 saturated heterocycles. The van der Waals surface area contributed by atoms with Gasteiger partial charge in [0.15, 0.2) is 0 Å². The van der Waals surface area contributed by atoms with E-state index in [-0.39, 0.29) is 0 Å². The van der Waals surface area contributed by atoms with Gasteiger partial charge in [-0.1, -0.05) is 0 Å². The van der Waals surface area contributed by atoms with Crippen LogP contribution in [0.5, 0.6) is 0 Å². The standard InChI is InChI=1S/C16H19NSe2/c1-11-5-7-13(15(9-11)18-3)17-14-8-6-12(2)10-16(14)19-4/h5-10,17H,1-4H3. The maximum absolute atomic E-state index is 3.63. The number of rotatable bonds is 4. The first-order valence-electron chi connectivity index (χ1n) is 6.20. The van der Waals surface area contributed by atoms with Crippen LogP contribution in [-0.2, 0) is 0 Å². The van der Waals surface area contributed by atoms with Gasteiger partial charge in [-0.25, -0.2) is 0 Å². The zero-order valence-electron chi connectivity index (χ0n) is 11.8. The van der Waals surface area contributed by atoms with Crippen LogP contribution in [0.4, 0.5) is 11.4 Å². The predicted molar refractivity (Wildman–Crippen MR) is 88.1 cm³/mol. The number of benzene rings is 2. The van der Waals surface area contributed by atoms with Crippen LogP contribution in [0.25, 0.3) is 0 Å². The van der Waals surface area contributed by atoms with E-state index in [1.54, 1.807) is 0 Å². The van der Waals surface area contributed by atoms with E-state index < -0.39 is 0 Å². The van der Waals surface area contributed by atoms with Gasteiger partial charge in [0.25, 0.3) is 0 Å². The topological polar surface area (TPSA) is 12.0 Å². The van der Waals surface area contributed by atoms with E-state index in [0.29, 0.717) is 29.9 Å². The molecule has 0 aliphatic carbocycles. The molecule has 100 valence electrons. The fourth-order valence-electron chi connectivity index (χ4n) is 1.95. The van der Waals surface area contributed by atoms with E-state index in [4.69, 9.17) is 0 Å². The first-order valence-corrected chi connectivity index (χ1v) is 11.3. The molecule has 0 amide bonds. The zero-order valence-corrected chi connectivity index (χ0v) is 15.2. The SMILES string of the molecule is C[Se]c1cc(C)ccc1Nc1ccc(C)cc1[Se]C. The van der Waals surface area contributed by atoms with Gasteiger partial charge in [-0.05, 0) is 0 Å². The molecule has 0 saturated carbocycles. The van der Waals surface area contributed by atoms with E-state index in [1.807, 2.05) is 0 Å². The molecule has 2 aromatic carbocycles. The Labute approximate surface area is 128 Å². The van der Waals surface area contributed by atoms with Crippen molar-refractivity contribution < 1.29 is 0 Å². The van der Waals surface area contributed by atoms with Crippen molar-refractivity contribution in [3.63, 3.8) is 0 Å². The molecule has 1 nitrogen and oxygen atoms in total. The number of nitrogens with one attached hydrogen (secondary N) is 1. The Morgan fingerprint density at radius 2 is 1.16 bits per heavy atom. The van der Waals surface area contributed by atoms with Crippen molar-refractivity contribution in [2.24, 2.45) is 0 Å². The fourth-order valence-corrected chi connectivity index (χ4v) is 4.65. The molecule has 3 heteroatoms. The normalized spacial score (nSPS) is 10.5. The zero-order chi connectivity index (χ0) is 13.8. The van der Waals surface area contributed by atoms with Crippen molar-refractivity contribution in [2.75, 3.05) is 5.32 Å². The van der Waals surface area contributed by atoms with Crippen LogP contribution >= 0.6 is 0 Å². The van der Waals surface area contributed by atoms with E-state index in [9.17, 15) is 0 Å². The average molecular weight is 383 g/mol. The van der Waals surface area contributed by atoms with Crippen LogP contribution in [0, 0.1) is 13.8 Å². The molecule has 0 bridgehead atoms. The van der Waals surface area contributed by atoms with E-state index >= 15 is 0 Å². The third kappa shape index (κ3) is 3.64. The summed E-state index contributed by atoms with van der Waals surface area (Å²) in [5.41, 5.74) is 5.21. The Morgan fingerprint density at radius 3 is 1.53 bits per heavy atom. The van der Waals surface area contributed by atoms with Gasteiger partial charge >= 0.3 is 129 Å². The Morgan fingerprint density at radius 1 is 0.737 bits per heavy atom. The summed E-state index contributed by atoms with van der Waals surface area (Å²) in [7, 11) is 0. The van der Waals surface area contributed by atoms with E-state index in [2.05, 4.69) is 67.2 Å². The van der Waals surface area contributed by atoms with E-state index in [0.717, 1.165) is 0 Å². The van der Waals surface area contributed by atoms with Gasteiger partial charge in [-0.15, -0.1) is 0 Å². The molecule has 0 radical (unpaired) electrons. The van der Waals surface area contributed by atoms with Gasteiger partial charge < -0.3 is 0 Å². The van der Waals surface area contributed by atoms with Crippen molar-refractivity contribution in [3.05, 3.63) is 47.5 Å². The quantitative estimate of drug-likeness (QED) is 0.801. The monoisotopic (exact) mass is 385 g/mol. The molecule has 0 aromatic heterocycles. The average Bonchev–Trinajstić information content (AvgIpc) is 2.42. The van der Waals surface area contributed by atoms with Crippen LogP contribution in [0.3, 0.4) is 0 Å². The minimum atomic E-state index is 0.510. The Hall–Kier alpha value is -0.721. The molecule has 0 unspecified atom stereocenters. The molecule has 0 aliphatic rings. The molecular formula is C16H19NSe2. The molecule has 0 spiro atoms. The van der Waals surface area contributed by atoms with Crippen LogP contribution in [0.15, 0.2) is 36.4 Å². The summed E-state index contributed by atoms with van der Waals surface area (Å²) in [6, 6.07) is 13.4. The summed E-state index contributed by atoms with van der Waals surface area (Å²) in [5.74, 6) is 4.54. The maximum atomic E-state index is 3.63. The second-order valence-electron chi connectivity index (χ2n) is 4.53. The summed E-state index contributed by atoms with van der Waals surface area (Å²) >= 11 is 1.02. The molecule has 1 N–H and O–H groups in total. The van der Waals surface area contributed by atoms with Gasteiger partial charge in [0.05, 0.1) is 0 Å². The van der Waals surface area contributed by atoms with Gasteiger partial charge in [0.1, 0.15) is 0 Å². The van der Waals surface area contributed by atoms with Crippen molar-refractivity contribution >= 4 is 50.2 Å². The van der Waals surface area contributed by atoms with E-state index in [1.165, 1.54) is 31.4 Å². The Balaban J connectivity index is 2.36. The predicted octanol–water partition coefficient (Wildman–Crippen LogP) is 2.80. The Kier molecular flexibility index (Phi) is 5.12. The molecule has 19 heavy (non-hydrogen) atoms. The summed E-state index contributed by atoms with van der Waals surface area (Å²) in [6.45, 7) is 4.32. The number of hydrogen-bond acceptors (Lipinski definition) is 1. The molecule has 2 aromatic rings. The summed E-state index contributed by atoms with van der Waals surface area (Å²) in [5, 5.41) is 3.63. The van der Waals surface area contributed by atoms with Crippen LogP contribution in [-0.4, -0.2) is 29.9 Å². The van der Waals surface area contributed by atoms with Crippen molar-refractivity contribution in [1.29, 1.82) is 0 Å². The Bertz CT molecular complexity index is 527. The molecular weight excluding hydrogens is 364 g/mol. The van der Waals surface area contributed by atoms with Crippen LogP contribution in [0.1, 0.15) is 11.1 Å². The third-order valence-corrected chi connectivity index (χ3v) is 6.25. The van der Waals surface area contributed by atoms with Gasteiger partial charge in [-0.3, -0.25) is 0 Å². The first kappa shape index (κ1) is 14.7. The second kappa shape index (κ2) is 6.63. The first-order chi connectivity index (χ1) is 9.13. The second-order valence-corrected chi connectivity index (χ2v) is 8.09. The fraction of sp³-hybridized carbons (Fsp3) is 0.250. The molecule has 0 aliphatic heterocycles. The van der Waals surface area contributed by atoms with Gasteiger partial charge in [-0.2, -0.15) is 0 Å². The third-order valence-electron chi connectivity index (χ3n) is 2.98. The van der Waals surface area contributed by atoms with Crippen molar-refractivity contribution in [2.45, 2.75) is 25.5 Å². The molecule has 0 fully saturated rings. The molecule has 2 rings (SSSR count). The van der Waals surface area contributed by atoms with Crippen molar-refractivity contribution in [3.8, 4) is 0 Å². The minimum absolute atomic E-state index is 0.510. The summed E-state index contributed by atoms with van der Waals surface area (Å²) in [4.78, 5) is 0. The molecule has 0 atom stereocenters. The van der Waals surface area contributed by atoms with Crippen LogP contribution < -0.4 is 14.2 Å². The summed E-state index contributed by atoms with van der Waals surface area (Å²) < 4.78 is 2.89. The van der Waals surface area contributed by atoms with Gasteiger partial charge in [0, 0.05) is 0 Å². The van der Waals surface area contributed by atoms with Crippen LogP contribution in [0.2, 0.25) is 11.6 Å². The number of hydrogen-bond donors (Lipinski definition) is 1. The van der Waals surface area contributed by atoms with Crippen molar-refractivity contribution in [1.82, 2.24) is 0 Å². The number of aryl methyl sites for hydroxylation is 2. The summed E-state index contributed by atoms with van der Waals surface area (Å²) in [6.07, 6.45) is 0. The van der Waals surface area contributed by atoms with Gasteiger partial charge in [0.2, 0.25) is 0 Å². The number of anilines is 2.